The van der Waals surface area contributed by atoms with Crippen LogP contribution >= 0.6 is 41.6 Å². The second-order valence-corrected chi connectivity index (χ2v) is 18.9. The molecular weight excluding hydrogens is 250 g/mol. The Kier molecular flexibility index (Phi) is 4.57. The zero-order valence-electron chi connectivity index (χ0n) is 4.30. The van der Waals surface area contributed by atoms with Crippen LogP contribution in [0.1, 0.15) is 6.92 Å². The van der Waals surface area contributed by atoms with Gasteiger partial charge >= 0.3 is 69.7 Å². The Labute approximate surface area is 69.3 Å². The van der Waals surface area contributed by atoms with E-state index in [0.29, 0.717) is 5.25 Å². The van der Waals surface area contributed by atoms with Crippen LogP contribution in [0, 0.1) is 0 Å². The van der Waals surface area contributed by atoms with Gasteiger partial charge in [0, 0.05) is 0 Å². The van der Waals surface area contributed by atoms with E-state index in [1.54, 1.807) is 0 Å². The van der Waals surface area contributed by atoms with Crippen LogP contribution in [-0.2, 0) is 0 Å². The summed E-state index contributed by atoms with van der Waals surface area (Å²) in [5, 5.41) is 0.578. The van der Waals surface area contributed by atoms with Crippen molar-refractivity contribution in [2.45, 2.75) is 17.6 Å². The molecule has 0 nitrogen and oxygen atoms in total. The second kappa shape index (κ2) is 3.77. The van der Waals surface area contributed by atoms with E-state index < -0.39 is 10.5 Å². The van der Waals surface area contributed by atoms with E-state index >= 15 is 0 Å². The summed E-state index contributed by atoms with van der Waals surface area (Å²) in [5.41, 5.74) is 0. The van der Waals surface area contributed by atoms with Crippen molar-refractivity contribution < 1.29 is 0 Å². The van der Waals surface area contributed by atoms with E-state index in [9.17, 15) is 0 Å². The van der Waals surface area contributed by atoms with Gasteiger partial charge in [-0.2, -0.15) is 0 Å². The minimum absolute atomic E-state index is 0.00231. The van der Waals surface area contributed by atoms with Crippen molar-refractivity contribution in [3.8, 4) is 0 Å². The van der Waals surface area contributed by atoms with Gasteiger partial charge in [-0.05, 0) is 0 Å². The third-order valence-corrected chi connectivity index (χ3v) is 5.87. The third kappa shape index (κ3) is 7.70. The fraction of sp³-hybridized carbons (Fsp3) is 1.00. The molecule has 0 aromatic heterocycles. The first-order chi connectivity index (χ1) is 3.42. The van der Waals surface area contributed by atoms with Crippen molar-refractivity contribution in [1.82, 2.24) is 0 Å². The maximum atomic E-state index is 5.56. The average Bonchev–Trinajstić information content (AvgIpc) is 1.21. The van der Waals surface area contributed by atoms with Gasteiger partial charge < -0.3 is 0 Å². The average molecular weight is 257 g/mol. The van der Waals surface area contributed by atoms with E-state index in [0.717, 1.165) is 0 Å². The molecule has 0 amide bonds. The molecule has 8 heavy (non-hydrogen) atoms. The summed E-state index contributed by atoms with van der Waals surface area (Å²) >= 11 is 5.56. The molecule has 0 bridgehead atoms. The number of halogens is 4. The first-order valence-corrected chi connectivity index (χ1v) is 12.3. The van der Waals surface area contributed by atoms with E-state index in [1.807, 2.05) is 6.92 Å². The molecule has 0 radical (unpaired) electrons. The summed E-state index contributed by atoms with van der Waals surface area (Å²) in [5.74, 6) is 0. The Bertz CT molecular complexity index is 66.2. The first-order valence-electron chi connectivity index (χ1n) is 2.12. The molecule has 0 aromatic rings. The monoisotopic (exact) mass is 256 g/mol. The molecule has 0 aliphatic heterocycles. The molecule has 0 saturated carbocycles. The number of alkyl halides is 1. The Balaban J connectivity index is 3.39. The van der Waals surface area contributed by atoms with E-state index in [2.05, 4.69) is 0 Å². The predicted molar refractivity (Wildman–Crippen MR) is 43.4 cm³/mol. The van der Waals surface area contributed by atoms with Crippen molar-refractivity contribution in [2.75, 3.05) is 0 Å². The molecule has 0 heterocycles. The van der Waals surface area contributed by atoms with E-state index in [-0.39, 0.29) is 5.38 Å². The Morgan fingerprint density at radius 2 is 1.75 bits per heavy atom. The van der Waals surface area contributed by atoms with Gasteiger partial charge in [0.15, 0.2) is 0 Å². The molecule has 1 atom stereocenters. The molecule has 0 spiro atoms. The molecule has 0 aromatic carbocycles. The Hall–Kier alpha value is 1.70. The molecule has 0 fully saturated rings. The van der Waals surface area contributed by atoms with Crippen LogP contribution in [0.25, 0.3) is 0 Å². The van der Waals surface area contributed by atoms with Gasteiger partial charge in [-0.1, -0.05) is 0 Å². The van der Waals surface area contributed by atoms with Crippen LogP contribution < -0.4 is 0 Å². The molecular formula is C3H6Cl4Ge. The van der Waals surface area contributed by atoms with Gasteiger partial charge in [0.05, 0.1) is 0 Å². The van der Waals surface area contributed by atoms with Gasteiger partial charge in [0.2, 0.25) is 0 Å². The van der Waals surface area contributed by atoms with E-state index in [4.69, 9.17) is 41.6 Å². The molecule has 0 aliphatic rings. The van der Waals surface area contributed by atoms with Crippen molar-refractivity contribution in [2.24, 2.45) is 0 Å². The molecule has 0 rings (SSSR count). The van der Waals surface area contributed by atoms with Gasteiger partial charge in [-0.15, -0.1) is 0 Å². The van der Waals surface area contributed by atoms with Crippen molar-refractivity contribution in [3.05, 3.63) is 0 Å². The van der Waals surface area contributed by atoms with E-state index in [1.165, 1.54) is 0 Å². The van der Waals surface area contributed by atoms with Crippen molar-refractivity contribution >= 4 is 52.1 Å². The summed E-state index contributed by atoms with van der Waals surface area (Å²) in [6.45, 7) is 1.83. The molecule has 50 valence electrons. The SMILES string of the molecule is CC(Cl)[CH2][Ge]([Cl])([Cl])[Cl]. The number of hydrogen-bond acceptors (Lipinski definition) is 0. The number of hydrogen-bond donors (Lipinski definition) is 0. The topological polar surface area (TPSA) is 0 Å². The summed E-state index contributed by atoms with van der Waals surface area (Å²) < 4.78 is 0. The first kappa shape index (κ1) is 9.70. The zero-order valence-corrected chi connectivity index (χ0v) is 9.42. The van der Waals surface area contributed by atoms with Gasteiger partial charge in [-0.3, -0.25) is 0 Å². The summed E-state index contributed by atoms with van der Waals surface area (Å²) in [6.07, 6.45) is 0. The van der Waals surface area contributed by atoms with Gasteiger partial charge in [0.25, 0.3) is 0 Å². The standard InChI is InChI=1S/C3H6Cl4Ge/c1-3(4)2-8(5,6)7/h3H,2H2,1H3. The van der Waals surface area contributed by atoms with Crippen molar-refractivity contribution in [3.63, 3.8) is 0 Å². The zero-order chi connectivity index (χ0) is 6.78. The van der Waals surface area contributed by atoms with Crippen molar-refractivity contribution in [1.29, 1.82) is 0 Å². The van der Waals surface area contributed by atoms with Crippen LogP contribution in [0.5, 0.6) is 0 Å². The van der Waals surface area contributed by atoms with Crippen LogP contribution in [0.2, 0.25) is 5.25 Å². The third-order valence-electron chi connectivity index (χ3n) is 0.513. The second-order valence-electron chi connectivity index (χ2n) is 1.60. The quantitative estimate of drug-likeness (QED) is 0.525. The fourth-order valence-corrected chi connectivity index (χ4v) is 7.70. The van der Waals surface area contributed by atoms with Gasteiger partial charge in [-0.25, -0.2) is 0 Å². The fourth-order valence-electron chi connectivity index (χ4n) is 0.319. The summed E-state index contributed by atoms with van der Waals surface area (Å²) in [6, 6.07) is 0. The Morgan fingerprint density at radius 1 is 1.38 bits per heavy atom. The summed E-state index contributed by atoms with van der Waals surface area (Å²) in [4.78, 5) is 0. The molecule has 0 aliphatic carbocycles. The maximum absolute atomic E-state index is 5.56. The number of rotatable bonds is 2. The molecule has 0 N–H and O–H groups in total. The molecule has 1 unspecified atom stereocenters. The van der Waals surface area contributed by atoms with Crippen LogP contribution in [0.15, 0.2) is 0 Å². The minimum atomic E-state index is -2.87. The molecule has 0 saturated heterocycles. The normalized spacial score (nSPS) is 16.1. The van der Waals surface area contributed by atoms with Crippen LogP contribution in [0.3, 0.4) is 0 Å². The predicted octanol–water partition coefficient (Wildman–Crippen LogP) is 3.27. The Morgan fingerprint density at radius 3 is 1.75 bits per heavy atom. The summed E-state index contributed by atoms with van der Waals surface area (Å²) in [7, 11) is 13.8. The molecule has 5 heteroatoms. The van der Waals surface area contributed by atoms with Gasteiger partial charge in [0.1, 0.15) is 0 Å². The van der Waals surface area contributed by atoms with Crippen LogP contribution in [-0.4, -0.2) is 15.9 Å². The van der Waals surface area contributed by atoms with Crippen LogP contribution in [0.4, 0.5) is 0 Å².